The molecular weight excluding hydrogens is 302 g/mol. The maximum absolute atomic E-state index is 6.57. The molecule has 0 aliphatic rings. The Morgan fingerprint density at radius 2 is 1.89 bits per heavy atom. The van der Waals surface area contributed by atoms with Crippen LogP contribution in [-0.4, -0.2) is 7.11 Å². The first-order valence-electron chi connectivity index (χ1n) is 6.15. The Morgan fingerprint density at radius 1 is 1.16 bits per heavy atom. The van der Waals surface area contributed by atoms with Crippen molar-refractivity contribution in [1.82, 2.24) is 0 Å². The van der Waals surface area contributed by atoms with Crippen molar-refractivity contribution in [2.24, 2.45) is 5.73 Å². The van der Waals surface area contributed by atoms with E-state index in [9.17, 15) is 0 Å². The van der Waals surface area contributed by atoms with Gasteiger partial charge in [-0.05, 0) is 37.6 Å². The number of halogens is 1. The third-order valence-electron chi connectivity index (χ3n) is 3.34. The average molecular weight is 320 g/mol. The summed E-state index contributed by atoms with van der Waals surface area (Å²) in [5.41, 5.74) is 9.19. The molecule has 2 aromatic rings. The Balaban J connectivity index is 2.58. The zero-order valence-electron chi connectivity index (χ0n) is 11.4. The Hall–Kier alpha value is -1.32. The van der Waals surface area contributed by atoms with Crippen LogP contribution in [0.3, 0.4) is 0 Å². The summed E-state index contributed by atoms with van der Waals surface area (Å²) in [6, 6.07) is 14.1. The second kappa shape index (κ2) is 5.35. The molecule has 0 amide bonds. The van der Waals surface area contributed by atoms with Crippen LogP contribution in [-0.2, 0) is 5.54 Å². The van der Waals surface area contributed by atoms with Crippen molar-refractivity contribution in [3.05, 3.63) is 63.6 Å². The summed E-state index contributed by atoms with van der Waals surface area (Å²) >= 11 is 3.49. The molecular formula is C16H18BrNO. The van der Waals surface area contributed by atoms with Gasteiger partial charge in [-0.25, -0.2) is 0 Å². The minimum absolute atomic E-state index is 0.596. The first kappa shape index (κ1) is 14.1. The minimum Gasteiger partial charge on any atom is -0.496 e. The van der Waals surface area contributed by atoms with E-state index in [1.807, 2.05) is 43.3 Å². The van der Waals surface area contributed by atoms with E-state index in [0.29, 0.717) is 0 Å². The monoisotopic (exact) mass is 319 g/mol. The van der Waals surface area contributed by atoms with Crippen LogP contribution < -0.4 is 10.5 Å². The molecule has 2 nitrogen and oxygen atoms in total. The lowest BCUT2D eigenvalue weighted by Gasteiger charge is -2.28. The predicted octanol–water partition coefficient (Wildman–Crippen LogP) is 3.99. The molecule has 19 heavy (non-hydrogen) atoms. The standard InChI is InChI=1S/C16H18BrNO/c1-11-7-8-15(19-3)14(9-11)16(2,18)12-5-4-6-13(17)10-12/h4-10H,18H2,1-3H3. The second-order valence-corrected chi connectivity index (χ2v) is 5.83. The van der Waals surface area contributed by atoms with Gasteiger partial charge < -0.3 is 10.5 Å². The maximum atomic E-state index is 6.57. The van der Waals surface area contributed by atoms with Crippen LogP contribution in [0, 0.1) is 6.92 Å². The quantitative estimate of drug-likeness (QED) is 0.928. The summed E-state index contributed by atoms with van der Waals surface area (Å²) < 4.78 is 6.47. The number of hydrogen-bond acceptors (Lipinski definition) is 2. The lowest BCUT2D eigenvalue weighted by atomic mass is 9.84. The van der Waals surface area contributed by atoms with E-state index in [1.54, 1.807) is 7.11 Å². The zero-order chi connectivity index (χ0) is 14.0. The molecule has 3 heteroatoms. The van der Waals surface area contributed by atoms with Gasteiger partial charge in [0.25, 0.3) is 0 Å². The molecule has 2 aromatic carbocycles. The normalized spacial score (nSPS) is 13.9. The van der Waals surface area contributed by atoms with Crippen molar-refractivity contribution in [3.63, 3.8) is 0 Å². The van der Waals surface area contributed by atoms with E-state index >= 15 is 0 Å². The fourth-order valence-corrected chi connectivity index (χ4v) is 2.59. The zero-order valence-corrected chi connectivity index (χ0v) is 13.0. The highest BCUT2D eigenvalue weighted by molar-refractivity contribution is 9.10. The van der Waals surface area contributed by atoms with E-state index in [1.165, 1.54) is 5.56 Å². The summed E-state index contributed by atoms with van der Waals surface area (Å²) in [6.45, 7) is 4.06. The average Bonchev–Trinajstić information content (AvgIpc) is 2.38. The molecule has 2 rings (SSSR count). The second-order valence-electron chi connectivity index (χ2n) is 4.92. The highest BCUT2D eigenvalue weighted by Gasteiger charge is 2.27. The van der Waals surface area contributed by atoms with Crippen LogP contribution in [0.4, 0.5) is 0 Å². The van der Waals surface area contributed by atoms with E-state index in [-0.39, 0.29) is 0 Å². The molecule has 0 aliphatic carbocycles. The Labute approximate surface area is 122 Å². The summed E-state index contributed by atoms with van der Waals surface area (Å²) in [6.07, 6.45) is 0. The molecule has 0 aromatic heterocycles. The molecule has 0 radical (unpaired) electrons. The topological polar surface area (TPSA) is 35.2 Å². The van der Waals surface area contributed by atoms with E-state index < -0.39 is 5.54 Å². The number of nitrogens with two attached hydrogens (primary N) is 1. The van der Waals surface area contributed by atoms with Gasteiger partial charge in [-0.1, -0.05) is 45.8 Å². The van der Waals surface area contributed by atoms with Gasteiger partial charge in [0.1, 0.15) is 5.75 Å². The number of hydrogen-bond donors (Lipinski definition) is 1. The molecule has 0 bridgehead atoms. The fourth-order valence-electron chi connectivity index (χ4n) is 2.19. The van der Waals surface area contributed by atoms with Crippen LogP contribution in [0.5, 0.6) is 5.75 Å². The lowest BCUT2D eigenvalue weighted by Crippen LogP contribution is -2.34. The molecule has 0 saturated carbocycles. The Morgan fingerprint density at radius 3 is 2.53 bits per heavy atom. The first-order chi connectivity index (χ1) is 8.95. The predicted molar refractivity (Wildman–Crippen MR) is 82.5 cm³/mol. The largest absolute Gasteiger partial charge is 0.496 e. The van der Waals surface area contributed by atoms with Crippen molar-refractivity contribution in [2.75, 3.05) is 7.11 Å². The van der Waals surface area contributed by atoms with Gasteiger partial charge in [0.05, 0.1) is 12.6 Å². The fraction of sp³-hybridized carbons (Fsp3) is 0.250. The van der Waals surface area contributed by atoms with E-state index in [4.69, 9.17) is 10.5 Å². The van der Waals surface area contributed by atoms with Crippen molar-refractivity contribution >= 4 is 15.9 Å². The van der Waals surface area contributed by atoms with Gasteiger partial charge in [-0.3, -0.25) is 0 Å². The van der Waals surface area contributed by atoms with Gasteiger partial charge in [0.2, 0.25) is 0 Å². The number of ether oxygens (including phenoxy) is 1. The van der Waals surface area contributed by atoms with Crippen LogP contribution in [0.2, 0.25) is 0 Å². The molecule has 100 valence electrons. The van der Waals surface area contributed by atoms with Crippen LogP contribution in [0.15, 0.2) is 46.9 Å². The SMILES string of the molecule is COc1ccc(C)cc1C(C)(N)c1cccc(Br)c1. The minimum atomic E-state index is -0.596. The van der Waals surface area contributed by atoms with Gasteiger partial charge >= 0.3 is 0 Å². The Bertz CT molecular complexity index is 593. The Kier molecular flexibility index (Phi) is 3.97. The number of benzene rings is 2. The van der Waals surface area contributed by atoms with Crippen molar-refractivity contribution in [2.45, 2.75) is 19.4 Å². The first-order valence-corrected chi connectivity index (χ1v) is 6.94. The van der Waals surface area contributed by atoms with Crippen LogP contribution >= 0.6 is 15.9 Å². The molecule has 0 aliphatic heterocycles. The molecule has 1 atom stereocenters. The number of methoxy groups -OCH3 is 1. The number of aryl methyl sites for hydroxylation is 1. The van der Waals surface area contributed by atoms with E-state index in [2.05, 4.69) is 28.9 Å². The molecule has 1 unspecified atom stereocenters. The van der Waals surface area contributed by atoms with Gasteiger partial charge in [0.15, 0.2) is 0 Å². The summed E-state index contributed by atoms with van der Waals surface area (Å²) in [5.74, 6) is 0.815. The highest BCUT2D eigenvalue weighted by Crippen LogP contribution is 2.34. The van der Waals surface area contributed by atoms with Crippen LogP contribution in [0.25, 0.3) is 0 Å². The highest BCUT2D eigenvalue weighted by atomic mass is 79.9. The summed E-state index contributed by atoms with van der Waals surface area (Å²) in [7, 11) is 1.67. The summed E-state index contributed by atoms with van der Waals surface area (Å²) in [4.78, 5) is 0. The maximum Gasteiger partial charge on any atom is 0.124 e. The molecule has 0 spiro atoms. The van der Waals surface area contributed by atoms with Crippen molar-refractivity contribution < 1.29 is 4.74 Å². The summed E-state index contributed by atoms with van der Waals surface area (Å²) in [5, 5.41) is 0. The molecule has 0 heterocycles. The van der Waals surface area contributed by atoms with Gasteiger partial charge in [0, 0.05) is 10.0 Å². The smallest absolute Gasteiger partial charge is 0.124 e. The van der Waals surface area contributed by atoms with Crippen molar-refractivity contribution in [1.29, 1.82) is 0 Å². The van der Waals surface area contributed by atoms with Gasteiger partial charge in [-0.15, -0.1) is 0 Å². The van der Waals surface area contributed by atoms with Crippen LogP contribution in [0.1, 0.15) is 23.6 Å². The van der Waals surface area contributed by atoms with Crippen molar-refractivity contribution in [3.8, 4) is 5.75 Å². The third kappa shape index (κ3) is 2.82. The molecule has 0 fully saturated rings. The van der Waals surface area contributed by atoms with E-state index in [0.717, 1.165) is 21.3 Å². The molecule has 2 N–H and O–H groups in total. The van der Waals surface area contributed by atoms with Gasteiger partial charge in [-0.2, -0.15) is 0 Å². The number of rotatable bonds is 3. The molecule has 0 saturated heterocycles. The third-order valence-corrected chi connectivity index (χ3v) is 3.83. The lowest BCUT2D eigenvalue weighted by molar-refractivity contribution is 0.398.